The van der Waals surface area contributed by atoms with E-state index in [0.717, 1.165) is 5.56 Å². The molecule has 2 rings (SSSR count). The summed E-state index contributed by atoms with van der Waals surface area (Å²) in [5, 5.41) is 17.4. The fourth-order valence-corrected chi connectivity index (χ4v) is 2.70. The van der Waals surface area contributed by atoms with E-state index in [1.807, 2.05) is 23.8 Å². The predicted molar refractivity (Wildman–Crippen MR) is 78.8 cm³/mol. The number of aliphatic hydroxyl groups is 1. The van der Waals surface area contributed by atoms with Gasteiger partial charge in [-0.15, -0.1) is 0 Å². The van der Waals surface area contributed by atoms with Gasteiger partial charge in [-0.2, -0.15) is 20.1 Å². The Balaban J connectivity index is 1.92. The van der Waals surface area contributed by atoms with Crippen molar-refractivity contribution in [1.82, 2.24) is 5.32 Å². The first-order valence-corrected chi connectivity index (χ1v) is 7.49. The Morgan fingerprint density at radius 1 is 1.29 bits per heavy atom. The summed E-state index contributed by atoms with van der Waals surface area (Å²) in [4.78, 5) is 0. The van der Waals surface area contributed by atoms with E-state index < -0.39 is 12.7 Å². The summed E-state index contributed by atoms with van der Waals surface area (Å²) in [6.45, 7) is -0.533. The Bertz CT molecular complexity index is 548. The Morgan fingerprint density at radius 3 is 2.76 bits per heavy atom. The smallest absolute Gasteiger partial charge is 0.387 e. The first-order valence-electron chi connectivity index (χ1n) is 6.54. The van der Waals surface area contributed by atoms with Crippen LogP contribution >= 0.6 is 11.3 Å². The third-order valence-corrected chi connectivity index (χ3v) is 3.83. The van der Waals surface area contributed by atoms with Crippen LogP contribution in [0, 0.1) is 0 Å². The second-order valence-corrected chi connectivity index (χ2v) is 5.43. The first kappa shape index (κ1) is 15.9. The number of halogens is 2. The molecule has 0 saturated carbocycles. The van der Waals surface area contributed by atoms with E-state index in [9.17, 15) is 13.9 Å². The summed E-state index contributed by atoms with van der Waals surface area (Å²) in [6.07, 6.45) is -0.785. The van der Waals surface area contributed by atoms with Gasteiger partial charge in [0, 0.05) is 12.6 Å². The number of thiophene rings is 1. The van der Waals surface area contributed by atoms with Crippen LogP contribution in [0.3, 0.4) is 0 Å². The lowest BCUT2D eigenvalue weighted by Crippen LogP contribution is -2.24. The van der Waals surface area contributed by atoms with Gasteiger partial charge in [-0.05, 0) is 47.0 Å². The zero-order chi connectivity index (χ0) is 15.2. The van der Waals surface area contributed by atoms with Gasteiger partial charge in [-0.25, -0.2) is 0 Å². The van der Waals surface area contributed by atoms with E-state index >= 15 is 0 Å². The fraction of sp³-hybridized carbons (Fsp3) is 0.333. The number of hydrogen-bond acceptors (Lipinski definition) is 4. The van der Waals surface area contributed by atoms with Crippen molar-refractivity contribution in [3.8, 4) is 5.75 Å². The van der Waals surface area contributed by atoms with Crippen LogP contribution in [0.1, 0.15) is 30.2 Å². The van der Waals surface area contributed by atoms with Crippen LogP contribution in [0.25, 0.3) is 0 Å². The number of hydrogen-bond donors (Lipinski definition) is 2. The highest BCUT2D eigenvalue weighted by molar-refractivity contribution is 7.07. The standard InChI is InChI=1S/C15H17F2NO2S/c1-10(12-5-6-21-9-12)18-8-14(19)11-3-2-4-13(7-11)20-15(16)17/h2-7,9-10,14-15,18-19H,8H2,1H3. The Morgan fingerprint density at radius 2 is 2.10 bits per heavy atom. The van der Waals surface area contributed by atoms with E-state index in [1.165, 1.54) is 12.1 Å². The molecule has 0 spiro atoms. The molecule has 2 unspecified atom stereocenters. The Labute approximate surface area is 126 Å². The molecule has 1 heterocycles. The maximum absolute atomic E-state index is 12.2. The van der Waals surface area contributed by atoms with Crippen molar-refractivity contribution < 1.29 is 18.6 Å². The van der Waals surface area contributed by atoms with Gasteiger partial charge in [0.15, 0.2) is 0 Å². The lowest BCUT2D eigenvalue weighted by molar-refractivity contribution is -0.0499. The first-order chi connectivity index (χ1) is 10.1. The van der Waals surface area contributed by atoms with Crippen molar-refractivity contribution in [3.05, 3.63) is 52.2 Å². The van der Waals surface area contributed by atoms with Crippen LogP contribution in [0.4, 0.5) is 8.78 Å². The van der Waals surface area contributed by atoms with Gasteiger partial charge >= 0.3 is 6.61 Å². The van der Waals surface area contributed by atoms with Crippen molar-refractivity contribution >= 4 is 11.3 Å². The lowest BCUT2D eigenvalue weighted by atomic mass is 10.1. The summed E-state index contributed by atoms with van der Waals surface area (Å²) in [5.41, 5.74) is 1.69. The molecule has 1 aromatic carbocycles. The summed E-state index contributed by atoms with van der Waals surface area (Å²) >= 11 is 1.62. The van der Waals surface area contributed by atoms with E-state index in [-0.39, 0.29) is 11.8 Å². The number of benzene rings is 1. The molecule has 0 saturated heterocycles. The van der Waals surface area contributed by atoms with Gasteiger partial charge in [-0.1, -0.05) is 12.1 Å². The van der Waals surface area contributed by atoms with Gasteiger partial charge < -0.3 is 15.2 Å². The molecule has 0 bridgehead atoms. The van der Waals surface area contributed by atoms with Crippen LogP contribution in [0.5, 0.6) is 5.75 Å². The zero-order valence-electron chi connectivity index (χ0n) is 11.5. The molecule has 2 N–H and O–H groups in total. The predicted octanol–water partition coefficient (Wildman–Crippen LogP) is 3.73. The molecule has 3 nitrogen and oxygen atoms in total. The van der Waals surface area contributed by atoms with Crippen LogP contribution in [-0.4, -0.2) is 18.3 Å². The van der Waals surface area contributed by atoms with E-state index in [0.29, 0.717) is 12.1 Å². The number of nitrogens with one attached hydrogen (secondary N) is 1. The molecule has 2 atom stereocenters. The minimum Gasteiger partial charge on any atom is -0.435 e. The molecule has 6 heteroatoms. The molecule has 0 fully saturated rings. The monoisotopic (exact) mass is 313 g/mol. The molecule has 0 amide bonds. The van der Waals surface area contributed by atoms with E-state index in [4.69, 9.17) is 0 Å². The van der Waals surface area contributed by atoms with E-state index in [2.05, 4.69) is 10.1 Å². The van der Waals surface area contributed by atoms with Crippen molar-refractivity contribution in [2.75, 3.05) is 6.54 Å². The number of ether oxygens (including phenoxy) is 1. The van der Waals surface area contributed by atoms with Crippen LogP contribution in [-0.2, 0) is 0 Å². The van der Waals surface area contributed by atoms with Gasteiger partial charge in [0.2, 0.25) is 0 Å². The molecule has 2 aromatic rings. The molecule has 0 aliphatic carbocycles. The minimum absolute atomic E-state index is 0.0485. The van der Waals surface area contributed by atoms with Crippen molar-refractivity contribution in [2.45, 2.75) is 25.7 Å². The third-order valence-electron chi connectivity index (χ3n) is 3.13. The lowest BCUT2D eigenvalue weighted by Gasteiger charge is -2.17. The van der Waals surface area contributed by atoms with Crippen molar-refractivity contribution in [2.24, 2.45) is 0 Å². The van der Waals surface area contributed by atoms with Crippen molar-refractivity contribution in [3.63, 3.8) is 0 Å². The summed E-state index contributed by atoms with van der Waals surface area (Å²) in [6, 6.07) is 8.26. The highest BCUT2D eigenvalue weighted by atomic mass is 32.1. The fourth-order valence-electron chi connectivity index (χ4n) is 1.94. The molecular weight excluding hydrogens is 296 g/mol. The number of alkyl halides is 2. The Kier molecular flexibility index (Phi) is 5.67. The molecule has 114 valence electrons. The van der Waals surface area contributed by atoms with Gasteiger partial charge in [0.25, 0.3) is 0 Å². The molecule has 0 aliphatic rings. The molecule has 1 aromatic heterocycles. The van der Waals surface area contributed by atoms with Crippen LogP contribution in [0.15, 0.2) is 41.1 Å². The Hall–Kier alpha value is -1.50. The second-order valence-electron chi connectivity index (χ2n) is 4.65. The topological polar surface area (TPSA) is 41.5 Å². The largest absolute Gasteiger partial charge is 0.435 e. The minimum atomic E-state index is -2.87. The van der Waals surface area contributed by atoms with Gasteiger partial charge in [0.05, 0.1) is 6.10 Å². The van der Waals surface area contributed by atoms with Gasteiger partial charge in [0.1, 0.15) is 5.75 Å². The highest BCUT2D eigenvalue weighted by Crippen LogP contribution is 2.22. The normalized spacial score (nSPS) is 14.1. The van der Waals surface area contributed by atoms with E-state index in [1.54, 1.807) is 23.5 Å². The molecule has 0 radical (unpaired) electrons. The zero-order valence-corrected chi connectivity index (χ0v) is 12.3. The summed E-state index contributed by atoms with van der Waals surface area (Å²) in [7, 11) is 0. The number of aliphatic hydroxyl groups excluding tert-OH is 1. The van der Waals surface area contributed by atoms with Crippen LogP contribution in [0.2, 0.25) is 0 Å². The van der Waals surface area contributed by atoms with Gasteiger partial charge in [-0.3, -0.25) is 0 Å². The third kappa shape index (κ3) is 4.77. The number of rotatable bonds is 7. The molecular formula is C15H17F2NO2S. The highest BCUT2D eigenvalue weighted by Gasteiger charge is 2.12. The average molecular weight is 313 g/mol. The molecule has 0 aliphatic heterocycles. The average Bonchev–Trinajstić information content (AvgIpc) is 2.98. The maximum atomic E-state index is 12.2. The SMILES string of the molecule is CC(NCC(O)c1cccc(OC(F)F)c1)c1ccsc1. The maximum Gasteiger partial charge on any atom is 0.387 e. The molecule has 21 heavy (non-hydrogen) atoms. The van der Waals surface area contributed by atoms with Crippen LogP contribution < -0.4 is 10.1 Å². The second kappa shape index (κ2) is 7.49. The van der Waals surface area contributed by atoms with Crippen molar-refractivity contribution in [1.29, 1.82) is 0 Å². The quantitative estimate of drug-likeness (QED) is 0.818. The summed E-state index contributed by atoms with van der Waals surface area (Å²) < 4.78 is 28.7. The summed E-state index contributed by atoms with van der Waals surface area (Å²) in [5.74, 6) is 0.0485.